The van der Waals surface area contributed by atoms with E-state index in [2.05, 4.69) is 25.7 Å². The maximum atomic E-state index is 13.0. The number of carbonyl (C=O) groups is 1. The molecule has 9 nitrogen and oxygen atoms in total. The molecule has 0 radical (unpaired) electrons. The summed E-state index contributed by atoms with van der Waals surface area (Å²) in [4.78, 5) is 25.5. The van der Waals surface area contributed by atoms with Gasteiger partial charge in [0.25, 0.3) is 5.91 Å². The highest BCUT2D eigenvalue weighted by atomic mass is 16.2. The van der Waals surface area contributed by atoms with Crippen LogP contribution >= 0.6 is 0 Å². The smallest absolute Gasteiger partial charge is 0.272 e. The van der Waals surface area contributed by atoms with Crippen molar-refractivity contribution < 1.29 is 4.79 Å². The summed E-state index contributed by atoms with van der Waals surface area (Å²) in [6.07, 6.45) is 6.44. The molecule has 2 aromatic heterocycles. The molecule has 4 aromatic rings. The molecule has 0 fully saturated rings. The molecule has 0 aliphatic rings. The zero-order chi connectivity index (χ0) is 23.9. The highest BCUT2D eigenvalue weighted by Gasteiger charge is 2.17. The Morgan fingerprint density at radius 2 is 1.82 bits per heavy atom. The molecular weight excluding hydrogens is 430 g/mol. The van der Waals surface area contributed by atoms with Gasteiger partial charge in [-0.15, -0.1) is 20.0 Å². The molecule has 34 heavy (non-hydrogen) atoms. The molecule has 9 heteroatoms. The second-order valence-corrected chi connectivity index (χ2v) is 7.92. The minimum atomic E-state index is -0.414. The van der Waals surface area contributed by atoms with Crippen molar-refractivity contribution in [3.8, 4) is 22.5 Å². The molecular formula is C25H27N7O2. The third kappa shape index (κ3) is 4.93. The van der Waals surface area contributed by atoms with Crippen LogP contribution in [0.2, 0.25) is 0 Å². The molecule has 2 aromatic carbocycles. The Labute approximate surface area is 197 Å². The Morgan fingerprint density at radius 3 is 2.50 bits per heavy atom. The van der Waals surface area contributed by atoms with Gasteiger partial charge in [-0.05, 0) is 40.8 Å². The van der Waals surface area contributed by atoms with Crippen molar-refractivity contribution in [1.29, 1.82) is 0 Å². The average Bonchev–Trinajstić information content (AvgIpc) is 3.51. The predicted octanol–water partition coefficient (Wildman–Crippen LogP) is 4.19. The summed E-state index contributed by atoms with van der Waals surface area (Å²) in [5.41, 5.74) is 3.36. The van der Waals surface area contributed by atoms with Gasteiger partial charge in [-0.1, -0.05) is 74.9 Å². The first kappa shape index (κ1) is 23.0. The lowest BCUT2D eigenvalue weighted by Crippen LogP contribution is -2.30. The number of aromatic nitrogens is 7. The van der Waals surface area contributed by atoms with Crippen LogP contribution in [0.4, 0.5) is 0 Å². The monoisotopic (exact) mass is 457 g/mol. The van der Waals surface area contributed by atoms with Crippen molar-refractivity contribution in [3.63, 3.8) is 0 Å². The first-order valence-corrected chi connectivity index (χ1v) is 11.4. The molecule has 0 amide bonds. The highest BCUT2D eigenvalue weighted by molar-refractivity contribution is 5.80. The Hall–Kier alpha value is -4.14. The van der Waals surface area contributed by atoms with Crippen molar-refractivity contribution in [3.05, 3.63) is 76.5 Å². The number of hydrogen-bond acceptors (Lipinski definition) is 6. The molecule has 1 N–H and O–H groups in total. The SMILES string of the molecule is CC/C=C/c1nn(C(=O)CCCC)c(=O)n1Cc1ccc(-c2ccccc2-c2nn[nH]n2)cc1. The van der Waals surface area contributed by atoms with Crippen LogP contribution in [0, 0.1) is 0 Å². The lowest BCUT2D eigenvalue weighted by molar-refractivity contribution is 0.0878. The van der Waals surface area contributed by atoms with E-state index in [0.717, 1.165) is 46.2 Å². The third-order valence-corrected chi connectivity index (χ3v) is 5.49. The summed E-state index contributed by atoms with van der Waals surface area (Å²) in [5, 5.41) is 18.6. The van der Waals surface area contributed by atoms with Crippen LogP contribution in [-0.4, -0.2) is 40.9 Å². The standard InChI is InChI=1S/C25H27N7O2/c1-3-5-11-22-28-32(23(33)12-6-4-2)25(34)31(22)17-18-13-15-19(16-14-18)20-9-7-8-10-21(20)24-26-29-30-27-24/h5,7-11,13-16H,3-4,6,12,17H2,1-2H3,(H,26,27,29,30)/b11-5+. The zero-order valence-electron chi connectivity index (χ0n) is 19.3. The number of rotatable bonds is 9. The topological polar surface area (TPSA) is 111 Å². The van der Waals surface area contributed by atoms with Crippen molar-refractivity contribution >= 4 is 12.0 Å². The van der Waals surface area contributed by atoms with E-state index < -0.39 is 5.69 Å². The number of unbranched alkanes of at least 4 members (excludes halogenated alkanes) is 1. The lowest BCUT2D eigenvalue weighted by Gasteiger charge is -2.09. The van der Waals surface area contributed by atoms with Gasteiger partial charge in [0.2, 0.25) is 5.82 Å². The van der Waals surface area contributed by atoms with Gasteiger partial charge >= 0.3 is 5.69 Å². The molecule has 2 heterocycles. The quantitative estimate of drug-likeness (QED) is 0.403. The number of benzene rings is 2. The van der Waals surface area contributed by atoms with Crippen LogP contribution in [0.3, 0.4) is 0 Å². The molecule has 174 valence electrons. The van der Waals surface area contributed by atoms with Crippen molar-refractivity contribution in [1.82, 2.24) is 35.0 Å². The fraction of sp³-hybridized carbons (Fsp3) is 0.280. The summed E-state index contributed by atoms with van der Waals surface area (Å²) in [5.74, 6) is 0.729. The number of carbonyl (C=O) groups excluding carboxylic acids is 1. The lowest BCUT2D eigenvalue weighted by atomic mass is 9.98. The normalized spacial score (nSPS) is 11.4. The van der Waals surface area contributed by atoms with Gasteiger partial charge in [0.05, 0.1) is 6.54 Å². The molecule has 0 saturated heterocycles. The van der Waals surface area contributed by atoms with Crippen LogP contribution in [0.1, 0.15) is 55.7 Å². The van der Waals surface area contributed by atoms with E-state index in [0.29, 0.717) is 24.6 Å². The van der Waals surface area contributed by atoms with Crippen molar-refractivity contribution in [2.75, 3.05) is 0 Å². The van der Waals surface area contributed by atoms with E-state index in [1.165, 1.54) is 4.57 Å². The Bertz CT molecular complexity index is 1330. The van der Waals surface area contributed by atoms with Crippen molar-refractivity contribution in [2.24, 2.45) is 0 Å². The molecule has 0 bridgehead atoms. The number of tetrazole rings is 1. The third-order valence-electron chi connectivity index (χ3n) is 5.49. The summed E-state index contributed by atoms with van der Waals surface area (Å²) in [6, 6.07) is 15.8. The molecule has 0 atom stereocenters. The maximum absolute atomic E-state index is 13.0. The Balaban J connectivity index is 1.63. The van der Waals surface area contributed by atoms with Crippen LogP contribution in [-0.2, 0) is 6.54 Å². The molecule has 0 saturated carbocycles. The largest absolute Gasteiger partial charge is 0.353 e. The van der Waals surface area contributed by atoms with E-state index in [1.54, 1.807) is 6.08 Å². The van der Waals surface area contributed by atoms with Gasteiger partial charge in [0, 0.05) is 12.0 Å². The zero-order valence-corrected chi connectivity index (χ0v) is 19.3. The van der Waals surface area contributed by atoms with Gasteiger partial charge in [-0.3, -0.25) is 9.36 Å². The first-order chi connectivity index (χ1) is 16.6. The van der Waals surface area contributed by atoms with E-state index in [9.17, 15) is 9.59 Å². The molecule has 0 aliphatic carbocycles. The first-order valence-electron chi connectivity index (χ1n) is 11.4. The second-order valence-electron chi connectivity index (χ2n) is 7.92. The summed E-state index contributed by atoms with van der Waals surface area (Å²) in [6.45, 7) is 4.33. The number of H-pyrrole nitrogens is 1. The van der Waals surface area contributed by atoms with E-state index in [4.69, 9.17) is 0 Å². The van der Waals surface area contributed by atoms with Gasteiger partial charge in [-0.2, -0.15) is 5.21 Å². The molecule has 0 aliphatic heterocycles. The molecule has 0 spiro atoms. The van der Waals surface area contributed by atoms with Gasteiger partial charge in [0.1, 0.15) is 0 Å². The summed E-state index contributed by atoms with van der Waals surface area (Å²) >= 11 is 0. The summed E-state index contributed by atoms with van der Waals surface area (Å²) < 4.78 is 2.54. The average molecular weight is 458 g/mol. The van der Waals surface area contributed by atoms with Crippen LogP contribution in [0.15, 0.2) is 59.4 Å². The fourth-order valence-electron chi connectivity index (χ4n) is 3.68. The predicted molar refractivity (Wildman–Crippen MR) is 130 cm³/mol. The van der Waals surface area contributed by atoms with Crippen molar-refractivity contribution in [2.45, 2.75) is 46.1 Å². The maximum Gasteiger partial charge on any atom is 0.353 e. The van der Waals surface area contributed by atoms with Gasteiger partial charge in [-0.25, -0.2) is 4.79 Å². The molecule has 0 unspecified atom stereocenters. The highest BCUT2D eigenvalue weighted by Crippen LogP contribution is 2.29. The van der Waals surface area contributed by atoms with Gasteiger partial charge < -0.3 is 0 Å². The second kappa shape index (κ2) is 10.7. The number of nitrogens with one attached hydrogen (secondary N) is 1. The number of hydrogen-bond donors (Lipinski definition) is 1. The van der Waals surface area contributed by atoms with Crippen LogP contribution in [0.5, 0.6) is 0 Å². The van der Waals surface area contributed by atoms with E-state index >= 15 is 0 Å². The minimum absolute atomic E-state index is 0.273. The van der Waals surface area contributed by atoms with Gasteiger partial charge in [0.15, 0.2) is 5.82 Å². The van der Waals surface area contributed by atoms with E-state index in [1.807, 2.05) is 68.5 Å². The minimum Gasteiger partial charge on any atom is -0.272 e. The Morgan fingerprint density at radius 1 is 1.06 bits per heavy atom. The number of nitrogens with zero attached hydrogens (tertiary/aromatic N) is 6. The number of aromatic amines is 1. The Kier molecular flexibility index (Phi) is 7.22. The molecule has 4 rings (SSSR count). The summed E-state index contributed by atoms with van der Waals surface area (Å²) in [7, 11) is 0. The number of allylic oxidation sites excluding steroid dienone is 1. The van der Waals surface area contributed by atoms with E-state index in [-0.39, 0.29) is 5.91 Å². The van der Waals surface area contributed by atoms with Crippen LogP contribution in [0.25, 0.3) is 28.6 Å². The van der Waals surface area contributed by atoms with Crippen LogP contribution < -0.4 is 5.69 Å². The fourth-order valence-corrected chi connectivity index (χ4v) is 3.68.